The summed E-state index contributed by atoms with van der Waals surface area (Å²) in [6.07, 6.45) is 0. The summed E-state index contributed by atoms with van der Waals surface area (Å²) in [6.45, 7) is 4.94. The van der Waals surface area contributed by atoms with Crippen molar-refractivity contribution in [1.29, 1.82) is 0 Å². The second-order valence-electron chi connectivity index (χ2n) is 4.91. The third-order valence-electron chi connectivity index (χ3n) is 2.62. The largest absolute Gasteiger partial charge is 0.496 e. The Labute approximate surface area is 112 Å². The van der Waals surface area contributed by atoms with Crippen LogP contribution < -0.4 is 4.74 Å². The normalized spacial score (nSPS) is 11.1. The smallest absolute Gasteiger partial charge is 0.317 e. The summed E-state index contributed by atoms with van der Waals surface area (Å²) < 4.78 is 18.4. The molecule has 0 aliphatic carbocycles. The molecule has 0 aromatic heterocycles. The first-order valence-electron chi connectivity index (χ1n) is 6.19. The Hall–Kier alpha value is -1.62. The third kappa shape index (κ3) is 5.26. The molecule has 1 rings (SSSR count). The highest BCUT2D eigenvalue weighted by Crippen LogP contribution is 2.21. The lowest BCUT2D eigenvalue weighted by molar-refractivity contribution is -0.138. The van der Waals surface area contributed by atoms with Gasteiger partial charge in [0.05, 0.1) is 13.7 Å². The molecule has 0 saturated heterocycles. The fourth-order valence-electron chi connectivity index (χ4n) is 2.00. The Morgan fingerprint density at radius 3 is 2.68 bits per heavy atom. The van der Waals surface area contributed by atoms with E-state index in [-0.39, 0.29) is 12.4 Å². The molecule has 0 saturated carbocycles. The van der Waals surface area contributed by atoms with Gasteiger partial charge in [-0.05, 0) is 24.1 Å². The van der Waals surface area contributed by atoms with Crippen molar-refractivity contribution in [2.24, 2.45) is 5.92 Å². The van der Waals surface area contributed by atoms with E-state index in [4.69, 9.17) is 9.84 Å². The maximum absolute atomic E-state index is 13.3. The molecule has 0 aliphatic heterocycles. The number of carboxylic acid groups (broad SMARTS) is 1. The fraction of sp³-hybridized carbons (Fsp3) is 0.500. The second-order valence-corrected chi connectivity index (χ2v) is 4.91. The number of halogens is 1. The molecule has 0 bridgehead atoms. The van der Waals surface area contributed by atoms with Gasteiger partial charge in [-0.3, -0.25) is 9.69 Å². The zero-order chi connectivity index (χ0) is 14.4. The van der Waals surface area contributed by atoms with E-state index in [1.165, 1.54) is 19.2 Å². The summed E-state index contributed by atoms with van der Waals surface area (Å²) in [5.41, 5.74) is 0.657. The van der Waals surface area contributed by atoms with Gasteiger partial charge in [0.1, 0.15) is 11.6 Å². The number of carbonyl (C=O) groups is 1. The van der Waals surface area contributed by atoms with Gasteiger partial charge in [0.25, 0.3) is 0 Å². The number of rotatable bonds is 7. The minimum Gasteiger partial charge on any atom is -0.496 e. The Bertz CT molecular complexity index is 435. The first-order valence-corrected chi connectivity index (χ1v) is 6.19. The van der Waals surface area contributed by atoms with Crippen molar-refractivity contribution in [2.75, 3.05) is 20.2 Å². The predicted octanol–water partition coefficient (Wildman–Crippen LogP) is 2.38. The average molecular weight is 269 g/mol. The predicted molar refractivity (Wildman–Crippen MR) is 70.7 cm³/mol. The SMILES string of the molecule is COc1ccc(F)cc1CN(CC(=O)O)CC(C)C. The monoisotopic (exact) mass is 269 g/mol. The van der Waals surface area contributed by atoms with E-state index in [1.54, 1.807) is 11.0 Å². The van der Waals surface area contributed by atoms with Gasteiger partial charge in [-0.1, -0.05) is 13.8 Å². The quantitative estimate of drug-likeness (QED) is 0.825. The molecule has 0 spiro atoms. The van der Waals surface area contributed by atoms with Crippen LogP contribution in [0.25, 0.3) is 0 Å². The summed E-state index contributed by atoms with van der Waals surface area (Å²) in [5.74, 6) is -0.342. The lowest BCUT2D eigenvalue weighted by Crippen LogP contribution is -2.32. The molecule has 1 N–H and O–H groups in total. The number of nitrogens with zero attached hydrogens (tertiary/aromatic N) is 1. The molecule has 0 fully saturated rings. The van der Waals surface area contributed by atoms with Gasteiger partial charge in [-0.15, -0.1) is 0 Å². The van der Waals surface area contributed by atoms with Gasteiger partial charge >= 0.3 is 5.97 Å². The van der Waals surface area contributed by atoms with Crippen molar-refractivity contribution in [3.8, 4) is 5.75 Å². The summed E-state index contributed by atoms with van der Waals surface area (Å²) in [5, 5.41) is 8.91. The standard InChI is InChI=1S/C14H20FNO3/c1-10(2)7-16(9-14(17)18)8-11-6-12(15)4-5-13(11)19-3/h4-6,10H,7-9H2,1-3H3,(H,17,18). The molecule has 19 heavy (non-hydrogen) atoms. The highest BCUT2D eigenvalue weighted by atomic mass is 19.1. The summed E-state index contributed by atoms with van der Waals surface area (Å²) >= 11 is 0. The lowest BCUT2D eigenvalue weighted by Gasteiger charge is -2.23. The van der Waals surface area contributed by atoms with Crippen LogP contribution in [0.3, 0.4) is 0 Å². The third-order valence-corrected chi connectivity index (χ3v) is 2.62. The molecular weight excluding hydrogens is 249 g/mol. The summed E-state index contributed by atoms with van der Waals surface area (Å²) in [4.78, 5) is 12.6. The maximum atomic E-state index is 13.3. The second kappa shape index (κ2) is 7.09. The van der Waals surface area contributed by atoms with Crippen molar-refractivity contribution in [3.63, 3.8) is 0 Å². The van der Waals surface area contributed by atoms with E-state index < -0.39 is 5.97 Å². The number of benzene rings is 1. The minimum atomic E-state index is -0.893. The number of ether oxygens (including phenoxy) is 1. The molecular formula is C14H20FNO3. The summed E-state index contributed by atoms with van der Waals surface area (Å²) in [7, 11) is 1.51. The molecule has 0 unspecified atom stereocenters. The van der Waals surface area contributed by atoms with Gasteiger partial charge in [-0.2, -0.15) is 0 Å². The molecule has 5 heteroatoms. The number of methoxy groups -OCH3 is 1. The highest BCUT2D eigenvalue weighted by Gasteiger charge is 2.15. The van der Waals surface area contributed by atoms with E-state index in [1.807, 2.05) is 13.8 Å². The van der Waals surface area contributed by atoms with Crippen LogP contribution in [0.5, 0.6) is 5.75 Å². The number of carboxylic acids is 1. The zero-order valence-corrected chi connectivity index (χ0v) is 11.5. The molecule has 1 aromatic rings. The lowest BCUT2D eigenvalue weighted by atomic mass is 10.1. The molecule has 0 radical (unpaired) electrons. The zero-order valence-electron chi connectivity index (χ0n) is 11.5. The Balaban J connectivity index is 2.88. The van der Waals surface area contributed by atoms with Crippen LogP contribution in [0.15, 0.2) is 18.2 Å². The Kier molecular flexibility index (Phi) is 5.76. The maximum Gasteiger partial charge on any atom is 0.317 e. The molecule has 0 atom stereocenters. The van der Waals surface area contributed by atoms with Crippen LogP contribution in [0.4, 0.5) is 4.39 Å². The molecule has 4 nitrogen and oxygen atoms in total. The van der Waals surface area contributed by atoms with Crippen LogP contribution in [0.1, 0.15) is 19.4 Å². The van der Waals surface area contributed by atoms with Crippen molar-refractivity contribution < 1.29 is 19.0 Å². The van der Waals surface area contributed by atoms with Gasteiger partial charge in [-0.25, -0.2) is 4.39 Å². The van der Waals surface area contributed by atoms with Crippen LogP contribution in [0, 0.1) is 11.7 Å². The van der Waals surface area contributed by atoms with E-state index >= 15 is 0 Å². The molecule has 0 aliphatic rings. The van der Waals surface area contributed by atoms with Crippen LogP contribution in [-0.4, -0.2) is 36.2 Å². The number of hydrogen-bond acceptors (Lipinski definition) is 3. The first kappa shape index (κ1) is 15.4. The van der Waals surface area contributed by atoms with E-state index in [9.17, 15) is 9.18 Å². The van der Waals surface area contributed by atoms with E-state index in [0.29, 0.717) is 30.3 Å². The number of aliphatic carboxylic acids is 1. The summed E-state index contributed by atoms with van der Waals surface area (Å²) in [6, 6.07) is 4.26. The van der Waals surface area contributed by atoms with Crippen molar-refractivity contribution in [2.45, 2.75) is 20.4 Å². The van der Waals surface area contributed by atoms with Gasteiger partial charge in [0.2, 0.25) is 0 Å². The minimum absolute atomic E-state index is 0.0716. The highest BCUT2D eigenvalue weighted by molar-refractivity contribution is 5.69. The average Bonchev–Trinajstić information content (AvgIpc) is 2.27. The van der Waals surface area contributed by atoms with Crippen LogP contribution >= 0.6 is 0 Å². The number of hydrogen-bond donors (Lipinski definition) is 1. The fourth-order valence-corrected chi connectivity index (χ4v) is 2.00. The molecule has 0 heterocycles. The van der Waals surface area contributed by atoms with Crippen molar-refractivity contribution >= 4 is 5.97 Å². The topological polar surface area (TPSA) is 49.8 Å². The Morgan fingerprint density at radius 2 is 2.16 bits per heavy atom. The van der Waals surface area contributed by atoms with E-state index in [2.05, 4.69) is 0 Å². The van der Waals surface area contributed by atoms with Crippen LogP contribution in [-0.2, 0) is 11.3 Å². The van der Waals surface area contributed by atoms with Gasteiger partial charge < -0.3 is 9.84 Å². The molecule has 0 amide bonds. The molecule has 1 aromatic carbocycles. The Morgan fingerprint density at radius 1 is 1.47 bits per heavy atom. The first-order chi connectivity index (χ1) is 8.92. The van der Waals surface area contributed by atoms with Crippen LogP contribution in [0.2, 0.25) is 0 Å². The van der Waals surface area contributed by atoms with E-state index in [0.717, 1.165) is 0 Å². The molecule has 106 valence electrons. The van der Waals surface area contributed by atoms with Gasteiger partial charge in [0, 0.05) is 18.7 Å². The van der Waals surface area contributed by atoms with Crippen molar-refractivity contribution in [3.05, 3.63) is 29.6 Å². The van der Waals surface area contributed by atoms with Gasteiger partial charge in [0.15, 0.2) is 0 Å². The van der Waals surface area contributed by atoms with Crippen molar-refractivity contribution in [1.82, 2.24) is 4.90 Å².